The number of nitrogens with two attached hydrogens (primary N) is 1. The lowest BCUT2D eigenvalue weighted by Crippen LogP contribution is -2.45. The van der Waals surface area contributed by atoms with Gasteiger partial charge >= 0.3 is 6.09 Å². The molecule has 2 aliphatic rings. The number of alkyl carbamates (subject to hydrolysis) is 1. The highest BCUT2D eigenvalue weighted by Gasteiger charge is 2.27. The number of piperidine rings is 2. The van der Waals surface area contributed by atoms with Gasteiger partial charge in [0.25, 0.3) is 0 Å². The number of amides is 1. The molecule has 12 rings (SSSR count). The second kappa shape index (κ2) is 22.2. The zero-order valence-electron chi connectivity index (χ0n) is 44.3. The first-order valence-electron chi connectivity index (χ1n) is 26.1. The molecule has 10 aromatic rings. The highest BCUT2D eigenvalue weighted by molar-refractivity contribution is 5.78. The number of likely N-dealkylation sites (tertiary alicyclic amines) is 2. The number of pyridine rings is 2. The maximum absolute atomic E-state index is 15.2. The van der Waals surface area contributed by atoms with Gasteiger partial charge in [0.15, 0.2) is 22.9 Å². The van der Waals surface area contributed by atoms with E-state index in [-0.39, 0.29) is 23.7 Å². The van der Waals surface area contributed by atoms with E-state index in [1.165, 1.54) is 42.2 Å². The first-order valence-corrected chi connectivity index (χ1v) is 26.1. The van der Waals surface area contributed by atoms with Gasteiger partial charge in [-0.2, -0.15) is 20.4 Å². The quantitative estimate of drug-likeness (QED) is 0.0843. The number of nitrogens with zero attached hydrogens (tertiary/aromatic N) is 14. The number of hydrogen-bond acceptors (Lipinski definition) is 17. The van der Waals surface area contributed by atoms with Crippen LogP contribution in [0.4, 0.5) is 36.6 Å². The van der Waals surface area contributed by atoms with E-state index in [4.69, 9.17) is 19.9 Å². The van der Waals surface area contributed by atoms with Crippen LogP contribution in [-0.2, 0) is 17.8 Å². The molecule has 1 amide bonds. The van der Waals surface area contributed by atoms with Crippen molar-refractivity contribution in [1.82, 2.24) is 73.5 Å². The van der Waals surface area contributed by atoms with Crippen LogP contribution < -0.4 is 31.2 Å². The summed E-state index contributed by atoms with van der Waals surface area (Å²) >= 11 is 0. The smallest absolute Gasteiger partial charge is 0.407 e. The number of fused-ring (bicyclic) bond motifs is 4. The summed E-state index contributed by atoms with van der Waals surface area (Å²) in [4.78, 5) is 33.8. The van der Waals surface area contributed by atoms with Crippen LogP contribution in [0.25, 0.3) is 22.3 Å². The molecule has 24 heteroatoms. The van der Waals surface area contributed by atoms with Gasteiger partial charge in [0, 0.05) is 85.3 Å². The van der Waals surface area contributed by atoms with Gasteiger partial charge in [0.1, 0.15) is 76.6 Å². The topological polar surface area (TPSA) is 234 Å². The molecule has 2 aromatic carbocycles. The van der Waals surface area contributed by atoms with Crippen molar-refractivity contribution in [1.29, 1.82) is 0 Å². The molecule has 2 saturated heterocycles. The van der Waals surface area contributed by atoms with E-state index < -0.39 is 11.7 Å². The van der Waals surface area contributed by atoms with Crippen LogP contribution in [0.3, 0.4) is 0 Å². The lowest BCUT2D eigenvalue weighted by atomic mass is 10.0. The van der Waals surface area contributed by atoms with Crippen molar-refractivity contribution in [2.24, 2.45) is 5.73 Å². The minimum Gasteiger partial charge on any atom is -0.457 e. The van der Waals surface area contributed by atoms with E-state index in [9.17, 15) is 9.18 Å². The van der Waals surface area contributed by atoms with Crippen LogP contribution in [-0.4, -0.2) is 118 Å². The van der Waals surface area contributed by atoms with E-state index in [0.29, 0.717) is 88.5 Å². The van der Waals surface area contributed by atoms with Gasteiger partial charge in [-0.05, 0) is 133 Å². The molecule has 5 N–H and O–H groups in total. The van der Waals surface area contributed by atoms with E-state index in [1.54, 1.807) is 25.9 Å². The summed E-state index contributed by atoms with van der Waals surface area (Å²) in [5, 5.41) is 26.3. The van der Waals surface area contributed by atoms with Crippen molar-refractivity contribution in [2.45, 2.75) is 91.1 Å². The zero-order valence-corrected chi connectivity index (χ0v) is 44.3. The number of halogens is 2. The molecular weight excluding hydrogens is 1010 g/mol. The number of benzene rings is 2. The molecule has 10 heterocycles. The number of hydrogen-bond donors (Lipinski definition) is 4. The molecule has 408 valence electrons. The predicted molar refractivity (Wildman–Crippen MR) is 291 cm³/mol. The highest BCUT2D eigenvalue weighted by atomic mass is 19.1. The summed E-state index contributed by atoms with van der Waals surface area (Å²) in [6, 6.07) is 19.0. The first-order chi connectivity index (χ1) is 38.1. The molecule has 0 saturated carbocycles. The third-order valence-corrected chi connectivity index (χ3v) is 13.8. The Labute approximate surface area is 452 Å². The number of rotatable bonds is 13. The largest absolute Gasteiger partial charge is 0.457 e. The number of carbonyl (C=O) groups excluding carboxylic acids is 1. The Kier molecular flexibility index (Phi) is 14.7. The molecule has 0 bridgehead atoms. The van der Waals surface area contributed by atoms with Crippen molar-refractivity contribution in [3.8, 4) is 23.0 Å². The third-order valence-electron chi connectivity index (χ3n) is 13.8. The molecule has 0 unspecified atom stereocenters. The Morgan fingerprint density at radius 2 is 1.06 bits per heavy atom. The number of nitrogens with one attached hydrogen (secondary N) is 3. The molecule has 0 spiro atoms. The monoisotopic (exact) mass is 1070 g/mol. The van der Waals surface area contributed by atoms with Crippen molar-refractivity contribution in [2.75, 3.05) is 36.8 Å². The Bertz CT molecular complexity index is 3800. The standard InChI is InChI=1S/C30H34FN9O3.C25H26FN9O/c1-19-13-21(5-6-25(19)42-22-9-12-39-26(14-22)32-17-34-39)36-28-27-23(24(31)16-40(27)35-18-33-28)15-38-10-7-20(8-11-38)37-29(41)43-30(2,3)4;1-16-10-18(2-3-22(16)36-19-6-9-34-23(11-19)28-14-30-34)32-25-24-20(12-33-7-4-17(27)5-8-33)21(26)13-35(24)31-15-29-25/h5-6,9,12-14,16-18,20H,7-8,10-11,15H2,1-4H3,(H,37,41)(H,33,35,36);2-3,6,9-11,13-15,17H,4-5,7-8,12,27H2,1H3,(H,29,31,32). The summed E-state index contributed by atoms with van der Waals surface area (Å²) in [6.45, 7) is 13.4. The molecule has 0 atom stereocenters. The van der Waals surface area contributed by atoms with Gasteiger partial charge < -0.3 is 35.9 Å². The van der Waals surface area contributed by atoms with Gasteiger partial charge in [-0.25, -0.2) is 51.6 Å². The number of carbonyl (C=O) groups is 1. The normalized spacial score (nSPS) is 14.9. The van der Waals surface area contributed by atoms with Crippen LogP contribution in [0.15, 0.2) is 111 Å². The van der Waals surface area contributed by atoms with Gasteiger partial charge in [-0.3, -0.25) is 9.80 Å². The van der Waals surface area contributed by atoms with Crippen LogP contribution in [0.1, 0.15) is 68.7 Å². The van der Waals surface area contributed by atoms with Crippen LogP contribution in [0.2, 0.25) is 0 Å². The summed E-state index contributed by atoms with van der Waals surface area (Å²) < 4.78 is 54.2. The fourth-order valence-corrected chi connectivity index (χ4v) is 9.77. The summed E-state index contributed by atoms with van der Waals surface area (Å²) in [5.41, 5.74) is 12.6. The Morgan fingerprint density at radius 3 is 1.52 bits per heavy atom. The average molecular weight is 1080 g/mol. The van der Waals surface area contributed by atoms with Crippen LogP contribution in [0.5, 0.6) is 23.0 Å². The van der Waals surface area contributed by atoms with Crippen molar-refractivity contribution in [3.05, 3.63) is 145 Å². The molecular formula is C55H60F2N18O4. The number of aromatic nitrogens is 12. The summed E-state index contributed by atoms with van der Waals surface area (Å²) in [6.07, 6.45) is 15.1. The van der Waals surface area contributed by atoms with Crippen LogP contribution in [0, 0.1) is 25.5 Å². The highest BCUT2D eigenvalue weighted by Crippen LogP contribution is 2.34. The number of ether oxygens (including phenoxy) is 3. The Morgan fingerprint density at radius 1 is 0.620 bits per heavy atom. The minimum absolute atomic E-state index is 0.0167. The maximum atomic E-state index is 15.2. The van der Waals surface area contributed by atoms with E-state index in [2.05, 4.69) is 66.1 Å². The van der Waals surface area contributed by atoms with E-state index in [1.807, 2.05) is 95.3 Å². The van der Waals surface area contributed by atoms with E-state index >= 15 is 4.39 Å². The molecule has 22 nitrogen and oxygen atoms in total. The summed E-state index contributed by atoms with van der Waals surface area (Å²) in [7, 11) is 0. The molecule has 0 radical (unpaired) electrons. The third kappa shape index (κ3) is 12.1. The molecule has 0 aliphatic carbocycles. The molecule has 79 heavy (non-hydrogen) atoms. The van der Waals surface area contributed by atoms with Crippen molar-refractivity contribution < 1.29 is 27.8 Å². The van der Waals surface area contributed by atoms with Crippen LogP contribution >= 0.6 is 0 Å². The number of aryl methyl sites for hydroxylation is 2. The summed E-state index contributed by atoms with van der Waals surface area (Å²) in [5.74, 6) is 3.14. The predicted octanol–water partition coefficient (Wildman–Crippen LogP) is 8.92. The zero-order chi connectivity index (χ0) is 54.8. The minimum atomic E-state index is -0.546. The van der Waals surface area contributed by atoms with Crippen molar-refractivity contribution >= 4 is 51.4 Å². The Hall–Kier alpha value is -8.87. The SMILES string of the molecule is Cc1cc(Nc2ncnn3cc(F)c(CN4CCC(N)CC4)c23)ccc1Oc1ccn2ncnc2c1.Cc1cc(Nc2ncnn3cc(F)c(CN4CCC(NC(=O)OC(C)(C)C)CC4)c23)ccc1Oc1ccn2ncnc2c1. The second-order valence-electron chi connectivity index (χ2n) is 20.8. The molecule has 2 fully saturated rings. The van der Waals surface area contributed by atoms with Gasteiger partial charge in [-0.15, -0.1) is 0 Å². The van der Waals surface area contributed by atoms with E-state index in [0.717, 1.165) is 67.0 Å². The molecule has 8 aromatic heterocycles. The van der Waals surface area contributed by atoms with Crippen molar-refractivity contribution in [3.63, 3.8) is 0 Å². The lowest BCUT2D eigenvalue weighted by molar-refractivity contribution is 0.0477. The Balaban J connectivity index is 0.000000170. The fourth-order valence-electron chi connectivity index (χ4n) is 9.77. The van der Waals surface area contributed by atoms with Gasteiger partial charge in [0.05, 0.1) is 12.4 Å². The average Bonchev–Trinajstić information content (AvgIpc) is 4.28. The lowest BCUT2D eigenvalue weighted by Gasteiger charge is -2.32. The molecule has 2 aliphatic heterocycles. The number of anilines is 4. The van der Waals surface area contributed by atoms with Gasteiger partial charge in [-0.1, -0.05) is 0 Å². The maximum Gasteiger partial charge on any atom is 0.407 e. The fraction of sp³-hybridized carbons (Fsp3) is 0.327. The second-order valence-corrected chi connectivity index (χ2v) is 20.8. The first kappa shape index (κ1) is 52.2. The van der Waals surface area contributed by atoms with Gasteiger partial charge in [0.2, 0.25) is 0 Å².